The van der Waals surface area contributed by atoms with E-state index >= 15 is 0 Å². The van der Waals surface area contributed by atoms with Gasteiger partial charge in [-0.3, -0.25) is 4.79 Å². The van der Waals surface area contributed by atoms with Gasteiger partial charge in [-0.15, -0.1) is 0 Å². The van der Waals surface area contributed by atoms with Crippen LogP contribution in [0.1, 0.15) is 29.4 Å². The minimum atomic E-state index is -0.666. The molecule has 0 atom stereocenters. The normalized spacial score (nSPS) is 10.7. The summed E-state index contributed by atoms with van der Waals surface area (Å²) in [4.78, 5) is 12.2. The van der Waals surface area contributed by atoms with E-state index in [1.807, 2.05) is 17.7 Å². The Kier molecular flexibility index (Phi) is 5.12. The standard InChI is InChI=1S/C15H15BrF2N2O/c1-2-5-20-9-11(16)6-14(20)15(21)19-8-10-3-4-12(17)7-13(10)18/h3-4,6-7,9H,2,5,8H2,1H3,(H,19,21). The summed E-state index contributed by atoms with van der Waals surface area (Å²) in [6.45, 7) is 2.75. The molecule has 21 heavy (non-hydrogen) atoms. The van der Waals surface area contributed by atoms with Crippen molar-refractivity contribution in [2.24, 2.45) is 0 Å². The third-order valence-corrected chi connectivity index (χ3v) is 3.45. The summed E-state index contributed by atoms with van der Waals surface area (Å²) in [5.74, 6) is -1.60. The van der Waals surface area contributed by atoms with E-state index in [2.05, 4.69) is 21.2 Å². The molecule has 3 nitrogen and oxygen atoms in total. The topological polar surface area (TPSA) is 34.0 Å². The molecule has 2 aromatic rings. The van der Waals surface area contributed by atoms with Gasteiger partial charge < -0.3 is 9.88 Å². The Labute approximate surface area is 130 Å². The highest BCUT2D eigenvalue weighted by molar-refractivity contribution is 9.10. The third-order valence-electron chi connectivity index (χ3n) is 3.01. The van der Waals surface area contributed by atoms with Crippen LogP contribution in [0.4, 0.5) is 8.78 Å². The smallest absolute Gasteiger partial charge is 0.268 e. The number of hydrogen-bond acceptors (Lipinski definition) is 1. The quantitative estimate of drug-likeness (QED) is 0.866. The fourth-order valence-electron chi connectivity index (χ4n) is 2.02. The molecule has 0 fully saturated rings. The highest BCUT2D eigenvalue weighted by Crippen LogP contribution is 2.16. The first-order valence-electron chi connectivity index (χ1n) is 6.59. The van der Waals surface area contributed by atoms with E-state index in [0.717, 1.165) is 23.5 Å². The third kappa shape index (κ3) is 3.91. The van der Waals surface area contributed by atoms with E-state index in [-0.39, 0.29) is 18.0 Å². The van der Waals surface area contributed by atoms with Crippen LogP contribution in [0, 0.1) is 11.6 Å². The lowest BCUT2D eigenvalue weighted by molar-refractivity contribution is 0.0941. The zero-order valence-electron chi connectivity index (χ0n) is 11.5. The Hall–Kier alpha value is -1.69. The lowest BCUT2D eigenvalue weighted by atomic mass is 10.2. The number of benzene rings is 1. The lowest BCUT2D eigenvalue weighted by Crippen LogP contribution is -2.25. The average molecular weight is 357 g/mol. The predicted octanol–water partition coefficient (Wildman–Crippen LogP) is 3.87. The summed E-state index contributed by atoms with van der Waals surface area (Å²) in [5.41, 5.74) is 0.753. The summed E-state index contributed by atoms with van der Waals surface area (Å²) in [6.07, 6.45) is 2.73. The fourth-order valence-corrected chi connectivity index (χ4v) is 2.49. The summed E-state index contributed by atoms with van der Waals surface area (Å²) >= 11 is 3.33. The van der Waals surface area contributed by atoms with Crippen molar-refractivity contribution in [2.75, 3.05) is 0 Å². The Bertz CT molecular complexity index is 655. The number of carbonyl (C=O) groups is 1. The van der Waals surface area contributed by atoms with Crippen LogP contribution >= 0.6 is 15.9 Å². The van der Waals surface area contributed by atoms with Crippen molar-refractivity contribution in [3.8, 4) is 0 Å². The summed E-state index contributed by atoms with van der Waals surface area (Å²) in [7, 11) is 0. The molecule has 1 heterocycles. The second-order valence-corrected chi connectivity index (χ2v) is 5.57. The number of aryl methyl sites for hydroxylation is 1. The van der Waals surface area contributed by atoms with Crippen LogP contribution in [0.15, 0.2) is 34.9 Å². The highest BCUT2D eigenvalue weighted by Gasteiger charge is 2.13. The number of nitrogens with zero attached hydrogens (tertiary/aromatic N) is 1. The monoisotopic (exact) mass is 356 g/mol. The Morgan fingerprint density at radius 3 is 2.76 bits per heavy atom. The van der Waals surface area contributed by atoms with Crippen LogP contribution < -0.4 is 5.32 Å². The van der Waals surface area contributed by atoms with Crippen LogP contribution in [0.2, 0.25) is 0 Å². The molecule has 1 amide bonds. The first-order chi connectivity index (χ1) is 10.0. The fraction of sp³-hybridized carbons (Fsp3) is 0.267. The van der Waals surface area contributed by atoms with E-state index in [1.165, 1.54) is 12.1 Å². The van der Waals surface area contributed by atoms with Gasteiger partial charge in [-0.2, -0.15) is 0 Å². The second kappa shape index (κ2) is 6.85. The second-order valence-electron chi connectivity index (χ2n) is 4.66. The van der Waals surface area contributed by atoms with Crippen molar-refractivity contribution < 1.29 is 13.6 Å². The van der Waals surface area contributed by atoms with Crippen molar-refractivity contribution >= 4 is 21.8 Å². The zero-order chi connectivity index (χ0) is 15.4. The molecule has 0 saturated heterocycles. The molecule has 1 aromatic heterocycles. The summed E-state index contributed by atoms with van der Waals surface area (Å²) in [6, 6.07) is 5.01. The van der Waals surface area contributed by atoms with Gasteiger partial charge in [0.05, 0.1) is 0 Å². The Balaban J connectivity index is 2.08. The van der Waals surface area contributed by atoms with E-state index in [1.54, 1.807) is 6.07 Å². The number of rotatable bonds is 5. The number of nitrogens with one attached hydrogen (secondary N) is 1. The number of halogens is 3. The molecule has 0 unspecified atom stereocenters. The molecule has 0 aliphatic carbocycles. The Morgan fingerprint density at radius 2 is 2.10 bits per heavy atom. The van der Waals surface area contributed by atoms with Crippen LogP contribution in [-0.2, 0) is 13.1 Å². The number of carbonyl (C=O) groups excluding carboxylic acids is 1. The van der Waals surface area contributed by atoms with Gasteiger partial charge in [0.15, 0.2) is 0 Å². The van der Waals surface area contributed by atoms with Crippen LogP contribution in [0.3, 0.4) is 0 Å². The SMILES string of the molecule is CCCn1cc(Br)cc1C(=O)NCc1ccc(F)cc1F. The lowest BCUT2D eigenvalue weighted by Gasteiger charge is -2.09. The van der Waals surface area contributed by atoms with Gasteiger partial charge in [-0.1, -0.05) is 13.0 Å². The zero-order valence-corrected chi connectivity index (χ0v) is 13.1. The molecule has 0 aliphatic rings. The molecular formula is C15H15BrF2N2O. The number of aromatic nitrogens is 1. The van der Waals surface area contributed by atoms with Gasteiger partial charge in [0.1, 0.15) is 17.3 Å². The van der Waals surface area contributed by atoms with Crippen molar-refractivity contribution in [1.29, 1.82) is 0 Å². The van der Waals surface area contributed by atoms with Crippen molar-refractivity contribution in [2.45, 2.75) is 26.4 Å². The molecule has 0 aliphatic heterocycles. The minimum absolute atomic E-state index is 0.0138. The largest absolute Gasteiger partial charge is 0.347 e. The maximum atomic E-state index is 13.5. The maximum Gasteiger partial charge on any atom is 0.268 e. The predicted molar refractivity (Wildman–Crippen MR) is 80.0 cm³/mol. The number of hydrogen-bond donors (Lipinski definition) is 1. The van der Waals surface area contributed by atoms with Gasteiger partial charge in [-0.05, 0) is 34.5 Å². The molecule has 2 rings (SSSR count). The summed E-state index contributed by atoms with van der Waals surface area (Å²) < 4.78 is 29.0. The average Bonchev–Trinajstić information content (AvgIpc) is 2.79. The van der Waals surface area contributed by atoms with Crippen molar-refractivity contribution in [3.05, 3.63) is 57.8 Å². The molecule has 0 saturated carbocycles. The summed E-state index contributed by atoms with van der Waals surface area (Å²) in [5, 5.41) is 2.64. The molecular weight excluding hydrogens is 342 g/mol. The molecule has 1 N–H and O–H groups in total. The molecule has 0 spiro atoms. The first kappa shape index (κ1) is 15.7. The van der Waals surface area contributed by atoms with Gasteiger partial charge in [-0.25, -0.2) is 8.78 Å². The molecule has 0 radical (unpaired) electrons. The maximum absolute atomic E-state index is 13.5. The van der Waals surface area contributed by atoms with Gasteiger partial charge in [0.25, 0.3) is 5.91 Å². The minimum Gasteiger partial charge on any atom is -0.347 e. The highest BCUT2D eigenvalue weighted by atomic mass is 79.9. The van der Waals surface area contributed by atoms with Crippen molar-refractivity contribution in [1.82, 2.24) is 9.88 Å². The molecule has 112 valence electrons. The van der Waals surface area contributed by atoms with Gasteiger partial charge >= 0.3 is 0 Å². The van der Waals surface area contributed by atoms with Gasteiger partial charge in [0.2, 0.25) is 0 Å². The van der Waals surface area contributed by atoms with Gasteiger partial charge in [0, 0.05) is 35.4 Å². The van der Waals surface area contributed by atoms with Crippen molar-refractivity contribution in [3.63, 3.8) is 0 Å². The Morgan fingerprint density at radius 1 is 1.33 bits per heavy atom. The number of amides is 1. The molecule has 6 heteroatoms. The molecule has 1 aromatic carbocycles. The molecule has 0 bridgehead atoms. The van der Waals surface area contributed by atoms with Crippen LogP contribution in [0.5, 0.6) is 0 Å². The first-order valence-corrected chi connectivity index (χ1v) is 7.38. The van der Waals surface area contributed by atoms with E-state index in [9.17, 15) is 13.6 Å². The van der Waals surface area contributed by atoms with Crippen LogP contribution in [-0.4, -0.2) is 10.5 Å². The van der Waals surface area contributed by atoms with E-state index < -0.39 is 11.6 Å². The van der Waals surface area contributed by atoms with E-state index in [0.29, 0.717) is 5.69 Å². The van der Waals surface area contributed by atoms with Crippen LogP contribution in [0.25, 0.3) is 0 Å². The van der Waals surface area contributed by atoms with E-state index in [4.69, 9.17) is 0 Å².